The molecular formula is C26H24N6O3. The monoisotopic (exact) mass is 468 g/mol. The summed E-state index contributed by atoms with van der Waals surface area (Å²) in [7, 11) is 1.87. The molecule has 35 heavy (non-hydrogen) atoms. The first kappa shape index (κ1) is 21.3. The van der Waals surface area contributed by atoms with Gasteiger partial charge in [0.15, 0.2) is 0 Å². The van der Waals surface area contributed by atoms with Crippen molar-refractivity contribution >= 4 is 27.6 Å². The molecule has 0 atom stereocenters. The zero-order chi connectivity index (χ0) is 23.9. The molecule has 9 heteroatoms. The Labute approximate surface area is 200 Å². The number of carbonyl (C=O) groups excluding carboxylic acids is 1. The second-order valence-electron chi connectivity index (χ2n) is 9.15. The zero-order valence-corrected chi connectivity index (χ0v) is 19.2. The minimum absolute atomic E-state index is 0.0441. The summed E-state index contributed by atoms with van der Waals surface area (Å²) in [5, 5.41) is 20.7. The summed E-state index contributed by atoms with van der Waals surface area (Å²) in [4.78, 5) is 25.1. The van der Waals surface area contributed by atoms with Crippen LogP contribution in [0.1, 0.15) is 47.8 Å². The van der Waals surface area contributed by atoms with E-state index in [9.17, 15) is 9.59 Å². The highest BCUT2D eigenvalue weighted by molar-refractivity contribution is 6.04. The van der Waals surface area contributed by atoms with Crippen molar-refractivity contribution in [3.63, 3.8) is 0 Å². The van der Waals surface area contributed by atoms with Gasteiger partial charge < -0.3 is 9.84 Å². The van der Waals surface area contributed by atoms with E-state index >= 15 is 0 Å². The number of fused-ring (bicyclic) bond motifs is 2. The molecule has 0 unspecified atom stereocenters. The van der Waals surface area contributed by atoms with Gasteiger partial charge in [0.25, 0.3) is 11.5 Å². The molecule has 3 heterocycles. The number of aromatic amines is 1. The number of benzene rings is 2. The van der Waals surface area contributed by atoms with Gasteiger partial charge in [-0.05, 0) is 49.4 Å². The highest BCUT2D eigenvalue weighted by atomic mass is 16.5. The van der Waals surface area contributed by atoms with Gasteiger partial charge in [-0.2, -0.15) is 10.2 Å². The highest BCUT2D eigenvalue weighted by Crippen LogP contribution is 2.34. The fraction of sp³-hybridized carbons (Fsp3) is 0.269. The van der Waals surface area contributed by atoms with E-state index in [4.69, 9.17) is 4.52 Å². The number of hydrogen-bond acceptors (Lipinski definition) is 6. The fourth-order valence-corrected chi connectivity index (χ4v) is 5.07. The number of hydrogen-bond donors (Lipinski definition) is 2. The average Bonchev–Trinajstić information content (AvgIpc) is 3.51. The molecule has 3 aromatic heterocycles. The third-order valence-corrected chi connectivity index (χ3v) is 6.90. The van der Waals surface area contributed by atoms with Crippen LogP contribution in [0.25, 0.3) is 32.8 Å². The lowest BCUT2D eigenvalue weighted by atomic mass is 9.82. The van der Waals surface area contributed by atoms with E-state index < -0.39 is 0 Å². The van der Waals surface area contributed by atoms with E-state index in [1.54, 1.807) is 10.9 Å². The number of carbonyl (C=O) groups is 1. The lowest BCUT2D eigenvalue weighted by Gasteiger charge is -2.28. The van der Waals surface area contributed by atoms with Crippen molar-refractivity contribution in [1.29, 1.82) is 0 Å². The third-order valence-electron chi connectivity index (χ3n) is 6.90. The Kier molecular flexibility index (Phi) is 5.17. The first-order valence-corrected chi connectivity index (χ1v) is 11.7. The summed E-state index contributed by atoms with van der Waals surface area (Å²) in [6.07, 6.45) is 7.11. The van der Waals surface area contributed by atoms with Gasteiger partial charge in [0.1, 0.15) is 5.52 Å². The second kappa shape index (κ2) is 8.50. The Hall–Kier alpha value is -4.27. The molecular weight excluding hydrogens is 444 g/mol. The van der Waals surface area contributed by atoms with Crippen LogP contribution in [0.5, 0.6) is 0 Å². The van der Waals surface area contributed by atoms with Crippen molar-refractivity contribution in [2.45, 2.75) is 37.6 Å². The number of nitrogens with zero attached hydrogens (tertiary/aromatic N) is 4. The van der Waals surface area contributed by atoms with Crippen molar-refractivity contribution in [2.24, 2.45) is 7.05 Å². The van der Waals surface area contributed by atoms with Crippen molar-refractivity contribution < 1.29 is 9.32 Å². The van der Waals surface area contributed by atoms with E-state index in [2.05, 4.69) is 25.8 Å². The van der Waals surface area contributed by atoms with Crippen LogP contribution >= 0.6 is 0 Å². The summed E-state index contributed by atoms with van der Waals surface area (Å²) in [5.74, 6) is 0.216. The number of aromatic nitrogens is 5. The van der Waals surface area contributed by atoms with Gasteiger partial charge >= 0.3 is 0 Å². The lowest BCUT2D eigenvalue weighted by molar-refractivity contribution is 0.0891. The molecule has 1 amide bonds. The van der Waals surface area contributed by atoms with Gasteiger partial charge in [0.2, 0.25) is 5.76 Å². The predicted octanol–water partition coefficient (Wildman–Crippen LogP) is 3.92. The van der Waals surface area contributed by atoms with Crippen molar-refractivity contribution in [3.8, 4) is 11.1 Å². The molecule has 0 saturated heterocycles. The molecule has 0 aliphatic heterocycles. The van der Waals surface area contributed by atoms with Crippen LogP contribution < -0.4 is 10.9 Å². The van der Waals surface area contributed by atoms with Crippen LogP contribution in [-0.4, -0.2) is 37.1 Å². The topological polar surface area (TPSA) is 119 Å². The molecule has 1 aliphatic carbocycles. The Balaban J connectivity index is 1.15. The first-order valence-electron chi connectivity index (χ1n) is 11.7. The van der Waals surface area contributed by atoms with E-state index in [1.807, 2.05) is 55.7 Å². The predicted molar refractivity (Wildman–Crippen MR) is 131 cm³/mol. The minimum Gasteiger partial charge on any atom is -0.350 e. The van der Waals surface area contributed by atoms with Crippen LogP contribution in [0.15, 0.2) is 64.2 Å². The molecule has 0 radical (unpaired) electrons. The summed E-state index contributed by atoms with van der Waals surface area (Å²) < 4.78 is 7.18. The smallest absolute Gasteiger partial charge is 0.290 e. The van der Waals surface area contributed by atoms with Crippen LogP contribution in [0.4, 0.5) is 0 Å². The normalized spacial score (nSPS) is 18.2. The van der Waals surface area contributed by atoms with Gasteiger partial charge in [-0.25, -0.2) is 5.10 Å². The second-order valence-corrected chi connectivity index (χ2v) is 9.15. The number of amides is 1. The maximum atomic E-state index is 13.0. The number of rotatable bonds is 4. The van der Waals surface area contributed by atoms with Crippen LogP contribution in [0.3, 0.4) is 0 Å². The Morgan fingerprint density at radius 2 is 1.86 bits per heavy atom. The summed E-state index contributed by atoms with van der Waals surface area (Å²) in [6.45, 7) is 0. The SMILES string of the molecule is Cn1cc(-c2ccc3c(C(=O)N[C@H]4CC[C@H](c5n[nH]c(=O)c6ccccc65)CC4)onc3c2)cn1. The average molecular weight is 469 g/mol. The van der Waals surface area contributed by atoms with Crippen molar-refractivity contribution in [1.82, 2.24) is 30.5 Å². The highest BCUT2D eigenvalue weighted by Gasteiger charge is 2.28. The van der Waals surface area contributed by atoms with Crippen LogP contribution in [-0.2, 0) is 7.05 Å². The molecule has 0 spiro atoms. The Bertz CT molecular complexity index is 1610. The van der Waals surface area contributed by atoms with Crippen molar-refractivity contribution in [2.75, 3.05) is 0 Å². The maximum Gasteiger partial charge on any atom is 0.290 e. The number of nitrogens with one attached hydrogen (secondary N) is 2. The number of H-pyrrole nitrogens is 1. The Morgan fingerprint density at radius 3 is 2.63 bits per heavy atom. The molecule has 1 aliphatic rings. The summed E-state index contributed by atoms with van der Waals surface area (Å²) >= 11 is 0. The van der Waals surface area contributed by atoms with E-state index in [1.165, 1.54) is 0 Å². The van der Waals surface area contributed by atoms with Gasteiger partial charge in [0, 0.05) is 36.2 Å². The molecule has 5 aromatic rings. The molecule has 176 valence electrons. The van der Waals surface area contributed by atoms with E-state index in [-0.39, 0.29) is 29.2 Å². The Morgan fingerprint density at radius 1 is 1.06 bits per heavy atom. The van der Waals surface area contributed by atoms with Crippen LogP contribution in [0.2, 0.25) is 0 Å². The molecule has 9 nitrogen and oxygen atoms in total. The lowest BCUT2D eigenvalue weighted by Crippen LogP contribution is -2.37. The third kappa shape index (κ3) is 3.88. The fourth-order valence-electron chi connectivity index (χ4n) is 5.07. The summed E-state index contributed by atoms with van der Waals surface area (Å²) in [5.41, 5.74) is 3.33. The van der Waals surface area contributed by atoms with Crippen LogP contribution in [0, 0.1) is 0 Å². The van der Waals surface area contributed by atoms with Gasteiger partial charge in [-0.1, -0.05) is 29.4 Å². The minimum atomic E-state index is -0.252. The van der Waals surface area contributed by atoms with Gasteiger partial charge in [-0.3, -0.25) is 14.3 Å². The molecule has 2 aromatic carbocycles. The van der Waals surface area contributed by atoms with Gasteiger partial charge in [0.05, 0.1) is 22.7 Å². The van der Waals surface area contributed by atoms with Crippen molar-refractivity contribution in [3.05, 3.63) is 76.7 Å². The summed E-state index contributed by atoms with van der Waals surface area (Å²) in [6, 6.07) is 13.3. The number of aryl methyl sites for hydroxylation is 1. The molecule has 1 saturated carbocycles. The molecule has 0 bridgehead atoms. The van der Waals surface area contributed by atoms with E-state index in [0.29, 0.717) is 16.3 Å². The quantitative estimate of drug-likeness (QED) is 0.413. The largest absolute Gasteiger partial charge is 0.350 e. The zero-order valence-electron chi connectivity index (χ0n) is 19.2. The molecule has 6 rings (SSSR count). The first-order chi connectivity index (χ1) is 17.1. The standard InChI is InChI=1S/C26H24N6O3/c1-32-14-17(13-27-32)16-8-11-21-22(12-16)31-35-24(21)26(34)28-18-9-6-15(7-10-18)23-19-4-2-3-5-20(19)25(33)30-29-23/h2-5,8,11-15,18H,6-7,9-10H2,1H3,(H,28,34)(H,30,33)/t15-,18-. The van der Waals surface area contributed by atoms with E-state index in [0.717, 1.165) is 47.9 Å². The molecule has 1 fully saturated rings. The molecule has 2 N–H and O–H groups in total. The van der Waals surface area contributed by atoms with Gasteiger partial charge in [-0.15, -0.1) is 0 Å². The maximum absolute atomic E-state index is 13.0.